The minimum absolute atomic E-state index is 0.118. The number of ether oxygens (including phenoxy) is 1. The Hall–Kier alpha value is -4.85. The van der Waals surface area contributed by atoms with Crippen molar-refractivity contribution in [3.8, 4) is 17.2 Å². The fraction of sp³-hybridized carbons (Fsp3) is 0.219. The minimum Gasteiger partial charge on any atom is -0.480 e. The molecule has 5 rings (SSSR count). The van der Waals surface area contributed by atoms with Gasteiger partial charge in [0, 0.05) is 30.4 Å². The molecule has 0 saturated heterocycles. The molecule has 5 aromatic rings. The summed E-state index contributed by atoms with van der Waals surface area (Å²) in [4.78, 5) is 30.1. The van der Waals surface area contributed by atoms with E-state index in [2.05, 4.69) is 4.57 Å². The molecule has 8 heteroatoms. The van der Waals surface area contributed by atoms with Crippen LogP contribution in [0.4, 0.5) is 4.79 Å². The fourth-order valence-electron chi connectivity index (χ4n) is 4.66. The molecule has 0 aliphatic rings. The van der Waals surface area contributed by atoms with Crippen LogP contribution in [0.3, 0.4) is 0 Å². The standard InChI is InChI=1S/C32H31N3O5/c1-22-10-13-27(14-11-22)40-32(38)35(21-30(36)37)20-24-12-15-29-26(19-24)16-18-34(29)17-6-9-28-23(2)39-31(33-28)25-7-4-3-5-8-25/h3-5,7-8,10-16,18-19H,6,9,17,20-21H2,1-2H3,(H,36,37). The van der Waals surface area contributed by atoms with Gasteiger partial charge in [-0.05, 0) is 80.1 Å². The van der Waals surface area contributed by atoms with Gasteiger partial charge in [0.05, 0.1) is 5.69 Å². The van der Waals surface area contributed by atoms with Crippen LogP contribution in [0, 0.1) is 13.8 Å². The van der Waals surface area contributed by atoms with Gasteiger partial charge >= 0.3 is 12.1 Å². The molecule has 0 atom stereocenters. The Labute approximate surface area is 232 Å². The number of oxazole rings is 1. The highest BCUT2D eigenvalue weighted by Crippen LogP contribution is 2.24. The van der Waals surface area contributed by atoms with Crippen LogP contribution in [-0.2, 0) is 24.3 Å². The van der Waals surface area contributed by atoms with Crippen molar-refractivity contribution in [3.63, 3.8) is 0 Å². The molecular formula is C32H31N3O5. The van der Waals surface area contributed by atoms with Gasteiger partial charge in [0.2, 0.25) is 5.89 Å². The van der Waals surface area contributed by atoms with Gasteiger partial charge in [-0.2, -0.15) is 0 Å². The molecule has 0 bridgehead atoms. The average Bonchev–Trinajstić information content (AvgIpc) is 3.52. The summed E-state index contributed by atoms with van der Waals surface area (Å²) in [5.74, 6) is 0.751. The van der Waals surface area contributed by atoms with Crippen molar-refractivity contribution < 1.29 is 23.8 Å². The summed E-state index contributed by atoms with van der Waals surface area (Å²) < 4.78 is 13.5. The molecule has 8 nitrogen and oxygen atoms in total. The zero-order valence-corrected chi connectivity index (χ0v) is 22.5. The SMILES string of the molecule is Cc1ccc(OC(=O)N(CC(=O)O)Cc2ccc3c(ccn3CCCc3nc(-c4ccccc4)oc3C)c2)cc1. The molecule has 204 valence electrons. The first-order valence-corrected chi connectivity index (χ1v) is 13.2. The second-order valence-electron chi connectivity index (χ2n) is 9.82. The molecule has 0 aliphatic heterocycles. The van der Waals surface area contributed by atoms with Crippen molar-refractivity contribution in [2.24, 2.45) is 0 Å². The van der Waals surface area contributed by atoms with E-state index in [9.17, 15) is 14.7 Å². The predicted molar refractivity (Wildman–Crippen MR) is 152 cm³/mol. The number of aryl methyl sites for hydroxylation is 4. The number of hydrogen-bond acceptors (Lipinski definition) is 5. The number of aliphatic carboxylic acids is 1. The van der Waals surface area contributed by atoms with E-state index in [4.69, 9.17) is 14.1 Å². The van der Waals surface area contributed by atoms with E-state index < -0.39 is 18.6 Å². The molecule has 2 aromatic heterocycles. The number of carboxylic acids is 1. The molecule has 0 aliphatic carbocycles. The molecular weight excluding hydrogens is 506 g/mol. The predicted octanol–water partition coefficient (Wildman–Crippen LogP) is 6.63. The van der Waals surface area contributed by atoms with Crippen molar-refractivity contribution in [3.05, 3.63) is 108 Å². The molecule has 2 heterocycles. The van der Waals surface area contributed by atoms with Gasteiger partial charge < -0.3 is 18.8 Å². The molecule has 40 heavy (non-hydrogen) atoms. The third-order valence-corrected chi connectivity index (χ3v) is 6.75. The van der Waals surface area contributed by atoms with Crippen molar-refractivity contribution in [2.75, 3.05) is 6.54 Å². The van der Waals surface area contributed by atoms with E-state index >= 15 is 0 Å². The molecule has 3 aromatic carbocycles. The van der Waals surface area contributed by atoms with Gasteiger partial charge in [-0.15, -0.1) is 0 Å². The first-order chi connectivity index (χ1) is 19.4. The van der Waals surface area contributed by atoms with Gasteiger partial charge in [-0.1, -0.05) is 42.0 Å². The Morgan fingerprint density at radius 1 is 1.00 bits per heavy atom. The molecule has 0 fully saturated rings. The van der Waals surface area contributed by atoms with Crippen molar-refractivity contribution in [2.45, 2.75) is 39.8 Å². The van der Waals surface area contributed by atoms with Crippen LogP contribution in [-0.4, -0.2) is 38.2 Å². The normalized spacial score (nSPS) is 11.1. The average molecular weight is 538 g/mol. The highest BCUT2D eigenvalue weighted by Gasteiger charge is 2.20. The van der Waals surface area contributed by atoms with E-state index in [-0.39, 0.29) is 6.54 Å². The molecule has 1 amide bonds. The van der Waals surface area contributed by atoms with Crippen molar-refractivity contribution >= 4 is 23.0 Å². The first-order valence-electron chi connectivity index (χ1n) is 13.2. The summed E-state index contributed by atoms with van der Waals surface area (Å²) in [6.45, 7) is 4.35. The Balaban J connectivity index is 1.23. The zero-order chi connectivity index (χ0) is 28.1. The molecule has 1 N–H and O–H groups in total. The Kier molecular flexibility index (Phi) is 7.96. The van der Waals surface area contributed by atoms with Crippen LogP contribution in [0.15, 0.2) is 89.5 Å². The van der Waals surface area contributed by atoms with Crippen LogP contribution in [0.2, 0.25) is 0 Å². The smallest absolute Gasteiger partial charge is 0.416 e. The molecule has 0 spiro atoms. The lowest BCUT2D eigenvalue weighted by molar-refractivity contribution is -0.138. The molecule has 0 saturated carbocycles. The second kappa shape index (κ2) is 11.9. The van der Waals surface area contributed by atoms with Gasteiger partial charge in [0.1, 0.15) is 18.1 Å². The Morgan fingerprint density at radius 2 is 1.77 bits per heavy atom. The number of fused-ring (bicyclic) bond motifs is 1. The number of aromatic nitrogens is 2. The lowest BCUT2D eigenvalue weighted by Gasteiger charge is -2.20. The fourth-order valence-corrected chi connectivity index (χ4v) is 4.66. The third-order valence-electron chi connectivity index (χ3n) is 6.75. The lowest BCUT2D eigenvalue weighted by atomic mass is 10.1. The van der Waals surface area contributed by atoms with Crippen LogP contribution in [0.1, 0.15) is 29.0 Å². The Bertz CT molecular complexity index is 1620. The van der Waals surface area contributed by atoms with Gasteiger partial charge in [-0.25, -0.2) is 9.78 Å². The Morgan fingerprint density at radius 3 is 2.52 bits per heavy atom. The number of hydrogen-bond donors (Lipinski definition) is 1. The highest BCUT2D eigenvalue weighted by atomic mass is 16.6. The topological polar surface area (TPSA) is 97.8 Å². The van der Waals surface area contributed by atoms with Crippen LogP contribution < -0.4 is 4.74 Å². The number of carboxylic acid groups (broad SMARTS) is 1. The summed E-state index contributed by atoms with van der Waals surface area (Å²) in [6.07, 6.45) is 3.03. The van der Waals surface area contributed by atoms with Crippen LogP contribution in [0.5, 0.6) is 5.75 Å². The van der Waals surface area contributed by atoms with Gasteiger partial charge in [-0.3, -0.25) is 9.69 Å². The number of nitrogens with zero attached hydrogens (tertiary/aromatic N) is 3. The highest BCUT2D eigenvalue weighted by molar-refractivity contribution is 5.81. The monoisotopic (exact) mass is 537 g/mol. The molecule has 0 radical (unpaired) electrons. The summed E-state index contributed by atoms with van der Waals surface area (Å²) in [5.41, 5.74) is 4.85. The second-order valence-corrected chi connectivity index (χ2v) is 9.82. The number of carbonyl (C=O) groups excluding carboxylic acids is 1. The van der Waals surface area contributed by atoms with E-state index in [1.54, 1.807) is 12.1 Å². The van der Waals surface area contributed by atoms with Crippen LogP contribution in [0.25, 0.3) is 22.4 Å². The minimum atomic E-state index is -1.11. The number of carbonyl (C=O) groups is 2. The van der Waals surface area contributed by atoms with E-state index in [0.717, 1.165) is 58.4 Å². The van der Waals surface area contributed by atoms with E-state index in [1.807, 2.05) is 86.8 Å². The zero-order valence-electron chi connectivity index (χ0n) is 22.5. The maximum absolute atomic E-state index is 12.8. The third kappa shape index (κ3) is 6.40. The number of amides is 1. The lowest BCUT2D eigenvalue weighted by Crippen LogP contribution is -2.37. The summed E-state index contributed by atoms with van der Waals surface area (Å²) in [5, 5.41) is 10.4. The molecule has 0 unspecified atom stereocenters. The van der Waals surface area contributed by atoms with Crippen molar-refractivity contribution in [1.29, 1.82) is 0 Å². The van der Waals surface area contributed by atoms with Crippen molar-refractivity contribution in [1.82, 2.24) is 14.5 Å². The maximum Gasteiger partial charge on any atom is 0.416 e. The summed E-state index contributed by atoms with van der Waals surface area (Å²) >= 11 is 0. The first kappa shape index (κ1) is 26.7. The van der Waals surface area contributed by atoms with E-state index in [0.29, 0.717) is 11.6 Å². The summed E-state index contributed by atoms with van der Waals surface area (Å²) in [7, 11) is 0. The van der Waals surface area contributed by atoms with Gasteiger partial charge in [0.15, 0.2) is 0 Å². The van der Waals surface area contributed by atoms with Gasteiger partial charge in [0.25, 0.3) is 0 Å². The largest absolute Gasteiger partial charge is 0.480 e. The number of benzene rings is 3. The maximum atomic E-state index is 12.8. The van der Waals surface area contributed by atoms with E-state index in [1.165, 1.54) is 4.90 Å². The van der Waals surface area contributed by atoms with Crippen LogP contribution >= 0.6 is 0 Å². The summed E-state index contributed by atoms with van der Waals surface area (Å²) in [6, 6.07) is 24.9. The quantitative estimate of drug-likeness (QED) is 0.215. The number of rotatable bonds is 10.